The van der Waals surface area contributed by atoms with E-state index >= 15 is 0 Å². The lowest BCUT2D eigenvalue weighted by Gasteiger charge is -2.16. The van der Waals surface area contributed by atoms with E-state index in [0.29, 0.717) is 29.7 Å². The average Bonchev–Trinajstić information content (AvgIpc) is 2.63. The third-order valence-electron chi connectivity index (χ3n) is 3.61. The molecule has 2 aromatic carbocycles. The van der Waals surface area contributed by atoms with E-state index in [4.69, 9.17) is 9.47 Å². The zero-order valence-electron chi connectivity index (χ0n) is 16.3. The van der Waals surface area contributed by atoms with E-state index in [1.807, 2.05) is 20.8 Å². The Bertz CT molecular complexity index is 949. The molecule has 0 spiro atoms. The normalized spacial score (nSPS) is 11.7. The molecule has 0 aliphatic carbocycles. The van der Waals surface area contributed by atoms with Gasteiger partial charge in [-0.3, -0.25) is 15.5 Å². The van der Waals surface area contributed by atoms with Gasteiger partial charge in [-0.25, -0.2) is 0 Å². The molecule has 0 saturated heterocycles. The molecule has 0 aromatic heterocycles. The molecular weight excluding hydrogens is 518 g/mol. The van der Waals surface area contributed by atoms with Crippen molar-refractivity contribution >= 4 is 40.2 Å². The zero-order valence-corrected chi connectivity index (χ0v) is 18.4. The molecule has 0 radical (unpaired) electrons. The number of nitrogens with one attached hydrogen (secondary N) is 1. The highest BCUT2D eigenvalue weighted by atomic mass is 127. The van der Waals surface area contributed by atoms with Crippen LogP contribution < -0.4 is 14.9 Å². The summed E-state index contributed by atoms with van der Waals surface area (Å²) in [7, 11) is 0. The fourth-order valence-corrected chi connectivity index (χ4v) is 3.16. The van der Waals surface area contributed by atoms with Crippen molar-refractivity contribution in [3.8, 4) is 11.5 Å². The summed E-state index contributed by atoms with van der Waals surface area (Å²) in [5.74, 6) is 1.11. The standard InChI is InChI=1S/C19H19F3IN3O4/c1-4-29-17-8-12(7-14(23)18(17)30-11(2)3)10-24-25-15-6-5-13(19(20,21)22)9-16(15)26(27)28/h5-11,25H,4H2,1-3H3/b24-10-. The maximum absolute atomic E-state index is 12.8. The molecule has 1 N–H and O–H groups in total. The molecule has 0 atom stereocenters. The number of nitro groups is 1. The summed E-state index contributed by atoms with van der Waals surface area (Å²) >= 11 is 2.09. The van der Waals surface area contributed by atoms with E-state index < -0.39 is 22.4 Å². The first kappa shape index (κ1) is 23.7. The molecule has 2 rings (SSSR count). The highest BCUT2D eigenvalue weighted by molar-refractivity contribution is 14.1. The summed E-state index contributed by atoms with van der Waals surface area (Å²) in [6.45, 7) is 6.03. The van der Waals surface area contributed by atoms with E-state index in [1.165, 1.54) is 6.21 Å². The summed E-state index contributed by atoms with van der Waals surface area (Å²) in [6.07, 6.45) is -3.36. The van der Waals surface area contributed by atoms with E-state index in [-0.39, 0.29) is 11.8 Å². The van der Waals surface area contributed by atoms with Gasteiger partial charge in [-0.15, -0.1) is 0 Å². The number of nitro benzene ring substituents is 1. The molecule has 0 bridgehead atoms. The van der Waals surface area contributed by atoms with Crippen molar-refractivity contribution in [2.24, 2.45) is 5.10 Å². The monoisotopic (exact) mass is 537 g/mol. The number of hydrogen-bond donors (Lipinski definition) is 1. The van der Waals surface area contributed by atoms with Crippen molar-refractivity contribution in [3.05, 3.63) is 55.1 Å². The van der Waals surface area contributed by atoms with Gasteiger partial charge in [0.2, 0.25) is 0 Å². The minimum absolute atomic E-state index is 0.0564. The van der Waals surface area contributed by atoms with E-state index in [9.17, 15) is 23.3 Å². The Labute approximate surface area is 184 Å². The van der Waals surface area contributed by atoms with Crippen LogP contribution in [0, 0.1) is 13.7 Å². The summed E-state index contributed by atoms with van der Waals surface area (Å²) in [5.41, 5.74) is 1.03. The van der Waals surface area contributed by atoms with Gasteiger partial charge in [0.15, 0.2) is 11.5 Å². The molecule has 0 amide bonds. The number of hydrazone groups is 1. The van der Waals surface area contributed by atoms with Crippen LogP contribution in [0.3, 0.4) is 0 Å². The van der Waals surface area contributed by atoms with Crippen molar-refractivity contribution in [3.63, 3.8) is 0 Å². The van der Waals surface area contributed by atoms with Gasteiger partial charge in [0.05, 0.1) is 33.0 Å². The van der Waals surface area contributed by atoms with Crippen molar-refractivity contribution in [1.82, 2.24) is 0 Å². The van der Waals surface area contributed by atoms with Gasteiger partial charge in [-0.05, 0) is 73.2 Å². The summed E-state index contributed by atoms with van der Waals surface area (Å²) < 4.78 is 50.5. The number of anilines is 1. The first-order chi connectivity index (χ1) is 14.0. The minimum Gasteiger partial charge on any atom is -0.490 e. The predicted octanol–water partition coefficient (Wildman–Crippen LogP) is 5.85. The third kappa shape index (κ3) is 6.21. The van der Waals surface area contributed by atoms with Gasteiger partial charge in [-0.2, -0.15) is 18.3 Å². The van der Waals surface area contributed by atoms with Gasteiger partial charge < -0.3 is 9.47 Å². The number of alkyl halides is 3. The van der Waals surface area contributed by atoms with Gasteiger partial charge >= 0.3 is 6.18 Å². The molecule has 0 aliphatic rings. The Morgan fingerprint density at radius 1 is 1.30 bits per heavy atom. The van der Waals surface area contributed by atoms with E-state index in [2.05, 4.69) is 33.1 Å². The molecule has 2 aromatic rings. The van der Waals surface area contributed by atoms with Crippen molar-refractivity contribution in [1.29, 1.82) is 0 Å². The van der Waals surface area contributed by atoms with E-state index in [1.54, 1.807) is 12.1 Å². The highest BCUT2D eigenvalue weighted by Gasteiger charge is 2.33. The molecule has 0 heterocycles. The smallest absolute Gasteiger partial charge is 0.416 e. The average molecular weight is 537 g/mol. The fraction of sp³-hybridized carbons (Fsp3) is 0.316. The molecule has 11 heteroatoms. The van der Waals surface area contributed by atoms with Crippen LogP contribution in [0.2, 0.25) is 0 Å². The maximum Gasteiger partial charge on any atom is 0.416 e. The lowest BCUT2D eigenvalue weighted by atomic mass is 10.1. The van der Waals surface area contributed by atoms with Crippen LogP contribution in [-0.4, -0.2) is 23.8 Å². The van der Waals surface area contributed by atoms with Crippen molar-refractivity contribution < 1.29 is 27.6 Å². The second-order valence-corrected chi connectivity index (χ2v) is 7.45. The summed E-state index contributed by atoms with van der Waals surface area (Å²) in [5, 5.41) is 15.1. The van der Waals surface area contributed by atoms with Crippen LogP contribution in [0.15, 0.2) is 35.4 Å². The molecule has 162 valence electrons. The van der Waals surface area contributed by atoms with Crippen LogP contribution in [0.1, 0.15) is 31.9 Å². The van der Waals surface area contributed by atoms with Crippen LogP contribution in [0.5, 0.6) is 11.5 Å². The summed E-state index contributed by atoms with van der Waals surface area (Å²) in [6, 6.07) is 5.64. The summed E-state index contributed by atoms with van der Waals surface area (Å²) in [4.78, 5) is 10.2. The lowest BCUT2D eigenvalue weighted by Crippen LogP contribution is -2.09. The number of benzene rings is 2. The number of ether oxygens (including phenoxy) is 2. The Morgan fingerprint density at radius 3 is 2.57 bits per heavy atom. The molecule has 0 aliphatic heterocycles. The number of hydrogen-bond acceptors (Lipinski definition) is 6. The topological polar surface area (TPSA) is 86.0 Å². The number of halogens is 4. The van der Waals surface area contributed by atoms with Crippen LogP contribution in [-0.2, 0) is 6.18 Å². The predicted molar refractivity (Wildman–Crippen MR) is 115 cm³/mol. The fourth-order valence-electron chi connectivity index (χ4n) is 2.41. The second-order valence-electron chi connectivity index (χ2n) is 6.29. The third-order valence-corrected chi connectivity index (χ3v) is 4.41. The number of rotatable bonds is 8. The molecule has 0 saturated carbocycles. The van der Waals surface area contributed by atoms with Crippen molar-refractivity contribution in [2.45, 2.75) is 33.1 Å². The Kier molecular flexibility index (Phi) is 7.87. The van der Waals surface area contributed by atoms with Gasteiger partial charge in [-0.1, -0.05) is 0 Å². The van der Waals surface area contributed by atoms with Gasteiger partial charge in [0.1, 0.15) is 5.69 Å². The quantitative estimate of drug-likeness (QED) is 0.198. The molecule has 0 unspecified atom stereocenters. The molecular formula is C19H19F3IN3O4. The van der Waals surface area contributed by atoms with Gasteiger partial charge in [0.25, 0.3) is 5.69 Å². The van der Waals surface area contributed by atoms with Gasteiger partial charge in [0, 0.05) is 6.07 Å². The lowest BCUT2D eigenvalue weighted by molar-refractivity contribution is -0.384. The minimum atomic E-state index is -4.68. The largest absolute Gasteiger partial charge is 0.490 e. The molecule has 30 heavy (non-hydrogen) atoms. The first-order valence-electron chi connectivity index (χ1n) is 8.80. The first-order valence-corrected chi connectivity index (χ1v) is 9.88. The number of nitrogens with zero attached hydrogens (tertiary/aromatic N) is 2. The Hall–Kier alpha value is -2.57. The SMILES string of the molecule is CCOc1cc(/C=N\Nc2ccc(C(F)(F)F)cc2[N+](=O)[O-])cc(I)c1OC(C)C. The van der Waals surface area contributed by atoms with Crippen LogP contribution >= 0.6 is 22.6 Å². The van der Waals surface area contributed by atoms with Crippen LogP contribution in [0.25, 0.3) is 0 Å². The molecule has 7 nitrogen and oxygen atoms in total. The highest BCUT2D eigenvalue weighted by Crippen LogP contribution is 2.36. The maximum atomic E-state index is 12.8. The Morgan fingerprint density at radius 2 is 2.00 bits per heavy atom. The Balaban J connectivity index is 2.29. The van der Waals surface area contributed by atoms with E-state index in [0.717, 1.165) is 15.7 Å². The molecule has 0 fully saturated rings. The second kappa shape index (κ2) is 9.96. The van der Waals surface area contributed by atoms with Crippen molar-refractivity contribution in [2.75, 3.05) is 12.0 Å². The van der Waals surface area contributed by atoms with Crippen LogP contribution in [0.4, 0.5) is 24.5 Å². The zero-order chi connectivity index (χ0) is 22.5.